The molecule has 2 aromatic rings. The van der Waals surface area contributed by atoms with Gasteiger partial charge in [0, 0.05) is 11.9 Å². The average Bonchev–Trinajstić information content (AvgIpc) is 2.63. The Hall–Kier alpha value is -1.57. The van der Waals surface area contributed by atoms with E-state index in [0.717, 1.165) is 19.4 Å². The van der Waals surface area contributed by atoms with Gasteiger partial charge in [-0.15, -0.1) is 6.58 Å². The number of rotatable bonds is 4. The van der Waals surface area contributed by atoms with Crippen molar-refractivity contribution in [3.8, 4) is 0 Å². The third kappa shape index (κ3) is 1.69. The van der Waals surface area contributed by atoms with Gasteiger partial charge in [-0.05, 0) is 18.9 Å². The Balaban J connectivity index is 2.20. The molecule has 0 bridgehead atoms. The van der Waals surface area contributed by atoms with Gasteiger partial charge >= 0.3 is 0 Å². The van der Waals surface area contributed by atoms with Crippen LogP contribution in [0.1, 0.15) is 12.8 Å². The molecular formula is C12H14N2. The number of hydrogen-bond acceptors (Lipinski definition) is 1. The van der Waals surface area contributed by atoms with Crippen LogP contribution in [-0.4, -0.2) is 9.78 Å². The highest BCUT2D eigenvalue weighted by atomic mass is 15.3. The Kier molecular flexibility index (Phi) is 2.63. The summed E-state index contributed by atoms with van der Waals surface area (Å²) in [7, 11) is 0. The molecule has 2 heteroatoms. The first-order valence-corrected chi connectivity index (χ1v) is 4.93. The summed E-state index contributed by atoms with van der Waals surface area (Å²) >= 11 is 0. The summed E-state index contributed by atoms with van der Waals surface area (Å²) in [6.45, 7) is 4.68. The van der Waals surface area contributed by atoms with Crippen LogP contribution in [0, 0.1) is 0 Å². The van der Waals surface area contributed by atoms with Gasteiger partial charge < -0.3 is 0 Å². The maximum atomic E-state index is 4.35. The summed E-state index contributed by atoms with van der Waals surface area (Å²) in [5.74, 6) is 0. The van der Waals surface area contributed by atoms with Crippen molar-refractivity contribution in [1.82, 2.24) is 9.78 Å². The molecule has 0 saturated carbocycles. The average molecular weight is 186 g/mol. The SMILES string of the molecule is C=CCCCn1ncc2ccccc21. The molecule has 0 radical (unpaired) electrons. The highest BCUT2D eigenvalue weighted by Gasteiger charge is 1.99. The summed E-state index contributed by atoms with van der Waals surface area (Å²) in [6.07, 6.45) is 6.03. The molecule has 0 atom stereocenters. The quantitative estimate of drug-likeness (QED) is 0.530. The number of aryl methyl sites for hydroxylation is 1. The second-order valence-electron chi connectivity index (χ2n) is 3.36. The summed E-state index contributed by atoms with van der Waals surface area (Å²) in [5.41, 5.74) is 1.22. The van der Waals surface area contributed by atoms with Crippen molar-refractivity contribution in [3.63, 3.8) is 0 Å². The van der Waals surface area contributed by atoms with Crippen molar-refractivity contribution in [2.24, 2.45) is 0 Å². The minimum Gasteiger partial charge on any atom is -0.265 e. The molecule has 0 spiro atoms. The summed E-state index contributed by atoms with van der Waals surface area (Å²) in [6, 6.07) is 8.29. The molecule has 0 amide bonds. The predicted octanol–water partition coefficient (Wildman–Crippen LogP) is 3.00. The van der Waals surface area contributed by atoms with E-state index >= 15 is 0 Å². The summed E-state index contributed by atoms with van der Waals surface area (Å²) in [5, 5.41) is 5.56. The molecule has 72 valence electrons. The topological polar surface area (TPSA) is 17.8 Å². The summed E-state index contributed by atoms with van der Waals surface area (Å²) in [4.78, 5) is 0. The van der Waals surface area contributed by atoms with Crippen LogP contribution in [-0.2, 0) is 6.54 Å². The largest absolute Gasteiger partial charge is 0.265 e. The van der Waals surface area contributed by atoms with Crippen molar-refractivity contribution in [2.45, 2.75) is 19.4 Å². The molecule has 0 fully saturated rings. The van der Waals surface area contributed by atoms with Gasteiger partial charge in [0.25, 0.3) is 0 Å². The van der Waals surface area contributed by atoms with Crippen molar-refractivity contribution < 1.29 is 0 Å². The highest BCUT2D eigenvalue weighted by molar-refractivity contribution is 5.78. The zero-order valence-electron chi connectivity index (χ0n) is 8.19. The van der Waals surface area contributed by atoms with Crippen LogP contribution in [0.4, 0.5) is 0 Å². The fourth-order valence-electron chi connectivity index (χ4n) is 1.59. The molecule has 0 aliphatic rings. The van der Waals surface area contributed by atoms with Gasteiger partial charge in [0.1, 0.15) is 0 Å². The van der Waals surface area contributed by atoms with Crippen LogP contribution in [0.5, 0.6) is 0 Å². The molecule has 14 heavy (non-hydrogen) atoms. The molecule has 2 rings (SSSR count). The van der Waals surface area contributed by atoms with Gasteiger partial charge in [-0.3, -0.25) is 4.68 Å². The van der Waals surface area contributed by atoms with Crippen LogP contribution in [0.3, 0.4) is 0 Å². The lowest BCUT2D eigenvalue weighted by molar-refractivity contribution is 0.601. The van der Waals surface area contributed by atoms with Crippen molar-refractivity contribution in [1.29, 1.82) is 0 Å². The Morgan fingerprint density at radius 3 is 3.07 bits per heavy atom. The first-order chi connectivity index (χ1) is 6.92. The lowest BCUT2D eigenvalue weighted by Gasteiger charge is -2.01. The summed E-state index contributed by atoms with van der Waals surface area (Å²) < 4.78 is 2.05. The maximum absolute atomic E-state index is 4.35. The van der Waals surface area contributed by atoms with Gasteiger partial charge in [0.05, 0.1) is 11.7 Å². The molecule has 1 heterocycles. The third-order valence-electron chi connectivity index (χ3n) is 2.33. The number of hydrogen-bond donors (Lipinski definition) is 0. The zero-order chi connectivity index (χ0) is 9.80. The van der Waals surface area contributed by atoms with Crippen LogP contribution >= 0.6 is 0 Å². The van der Waals surface area contributed by atoms with E-state index in [1.165, 1.54) is 10.9 Å². The zero-order valence-corrected chi connectivity index (χ0v) is 8.19. The van der Waals surface area contributed by atoms with Crippen LogP contribution < -0.4 is 0 Å². The fraction of sp³-hybridized carbons (Fsp3) is 0.250. The molecule has 0 unspecified atom stereocenters. The van der Waals surface area contributed by atoms with Crippen molar-refractivity contribution >= 4 is 10.9 Å². The van der Waals surface area contributed by atoms with E-state index in [4.69, 9.17) is 0 Å². The lowest BCUT2D eigenvalue weighted by atomic mass is 10.2. The van der Waals surface area contributed by atoms with Gasteiger partial charge in [0.15, 0.2) is 0 Å². The minimum atomic E-state index is 0.972. The van der Waals surface area contributed by atoms with E-state index in [2.05, 4.69) is 28.5 Å². The molecule has 0 saturated heterocycles. The van der Waals surface area contributed by atoms with Gasteiger partial charge in [-0.2, -0.15) is 5.10 Å². The number of allylic oxidation sites excluding steroid dienone is 1. The van der Waals surface area contributed by atoms with Crippen molar-refractivity contribution in [3.05, 3.63) is 43.1 Å². The Labute approximate surface area is 83.9 Å². The molecule has 2 nitrogen and oxygen atoms in total. The van der Waals surface area contributed by atoms with E-state index in [9.17, 15) is 0 Å². The smallest absolute Gasteiger partial charge is 0.0682 e. The van der Waals surface area contributed by atoms with E-state index < -0.39 is 0 Å². The van der Waals surface area contributed by atoms with Gasteiger partial charge in [0.2, 0.25) is 0 Å². The number of nitrogens with zero attached hydrogens (tertiary/aromatic N) is 2. The maximum Gasteiger partial charge on any atom is 0.0682 e. The third-order valence-corrected chi connectivity index (χ3v) is 2.33. The number of benzene rings is 1. The van der Waals surface area contributed by atoms with E-state index in [0.29, 0.717) is 0 Å². The fourth-order valence-corrected chi connectivity index (χ4v) is 1.59. The molecule has 0 N–H and O–H groups in total. The molecule has 0 aliphatic heterocycles. The standard InChI is InChI=1S/C12H14N2/c1-2-3-6-9-14-12-8-5-4-7-11(12)10-13-14/h2,4-5,7-8,10H,1,3,6,9H2. The number of unbranched alkanes of at least 4 members (excludes halogenated alkanes) is 1. The number of fused-ring (bicyclic) bond motifs is 1. The predicted molar refractivity (Wildman–Crippen MR) is 59.2 cm³/mol. The number of aromatic nitrogens is 2. The minimum absolute atomic E-state index is 0.972. The first-order valence-electron chi connectivity index (χ1n) is 4.93. The van der Waals surface area contributed by atoms with Crippen LogP contribution in [0.25, 0.3) is 10.9 Å². The van der Waals surface area contributed by atoms with Crippen LogP contribution in [0.2, 0.25) is 0 Å². The van der Waals surface area contributed by atoms with E-state index in [1.807, 2.05) is 24.4 Å². The van der Waals surface area contributed by atoms with E-state index in [1.54, 1.807) is 0 Å². The molecule has 1 aromatic heterocycles. The highest BCUT2D eigenvalue weighted by Crippen LogP contribution is 2.13. The van der Waals surface area contributed by atoms with Crippen molar-refractivity contribution in [2.75, 3.05) is 0 Å². The monoisotopic (exact) mass is 186 g/mol. The normalized spacial score (nSPS) is 10.6. The second-order valence-corrected chi connectivity index (χ2v) is 3.36. The van der Waals surface area contributed by atoms with Gasteiger partial charge in [-0.1, -0.05) is 24.3 Å². The van der Waals surface area contributed by atoms with Gasteiger partial charge in [-0.25, -0.2) is 0 Å². The number of para-hydroxylation sites is 1. The van der Waals surface area contributed by atoms with Crippen LogP contribution in [0.15, 0.2) is 43.1 Å². The molecule has 0 aliphatic carbocycles. The lowest BCUT2D eigenvalue weighted by Crippen LogP contribution is -1.98. The first kappa shape index (κ1) is 9.00. The second kappa shape index (κ2) is 4.09. The molecule has 1 aromatic carbocycles. The Morgan fingerprint density at radius 2 is 2.21 bits per heavy atom. The Morgan fingerprint density at radius 1 is 1.36 bits per heavy atom. The molecular weight excluding hydrogens is 172 g/mol. The van der Waals surface area contributed by atoms with E-state index in [-0.39, 0.29) is 0 Å². The Bertz CT molecular complexity index is 429.